The highest BCUT2D eigenvalue weighted by molar-refractivity contribution is 9.10. The molecule has 0 aliphatic heterocycles. The number of carboxylic acids is 1. The van der Waals surface area contributed by atoms with E-state index in [1.807, 2.05) is 16.8 Å². The van der Waals surface area contributed by atoms with E-state index in [0.29, 0.717) is 0 Å². The number of benzene rings is 1. The van der Waals surface area contributed by atoms with Crippen molar-refractivity contribution >= 4 is 27.6 Å². The second-order valence-corrected chi connectivity index (χ2v) is 5.03. The molecule has 0 aliphatic carbocycles. The van der Waals surface area contributed by atoms with Crippen molar-refractivity contribution in [3.63, 3.8) is 0 Å². The maximum Gasteiger partial charge on any atom is 0.335 e. The summed E-state index contributed by atoms with van der Waals surface area (Å²) in [6.45, 7) is 1.65. The molecule has 0 amide bonds. The number of nitrogens with zero attached hydrogens (tertiary/aromatic N) is 2. The fourth-order valence-corrected chi connectivity index (χ4v) is 2.22. The van der Waals surface area contributed by atoms with Crippen molar-refractivity contribution in [1.29, 1.82) is 0 Å². The van der Waals surface area contributed by atoms with Gasteiger partial charge in [0, 0.05) is 35.6 Å². The molecule has 1 heterocycles. The van der Waals surface area contributed by atoms with E-state index in [-0.39, 0.29) is 5.56 Å². The third kappa shape index (κ3) is 4.10. The molecule has 19 heavy (non-hydrogen) atoms. The molecule has 0 bridgehead atoms. The first-order valence-corrected chi connectivity index (χ1v) is 6.68. The summed E-state index contributed by atoms with van der Waals surface area (Å²) in [7, 11) is 0. The molecule has 0 aliphatic rings. The Kier molecular flexibility index (Phi) is 4.57. The number of anilines is 1. The molecule has 0 saturated heterocycles. The molecule has 0 atom stereocenters. The Bertz CT molecular complexity index is 555. The van der Waals surface area contributed by atoms with Crippen LogP contribution in [0.5, 0.6) is 0 Å². The molecule has 2 N–H and O–H groups in total. The fraction of sp³-hybridized carbons (Fsp3) is 0.231. The van der Waals surface area contributed by atoms with Crippen LogP contribution in [0, 0.1) is 0 Å². The van der Waals surface area contributed by atoms with E-state index in [0.717, 1.165) is 29.7 Å². The molecule has 100 valence electrons. The van der Waals surface area contributed by atoms with Gasteiger partial charge < -0.3 is 15.0 Å². The topological polar surface area (TPSA) is 67.2 Å². The number of halogens is 1. The number of aromatic carboxylic acids is 1. The van der Waals surface area contributed by atoms with Crippen molar-refractivity contribution in [3.8, 4) is 0 Å². The Hall–Kier alpha value is -1.82. The minimum absolute atomic E-state index is 0.270. The van der Waals surface area contributed by atoms with Gasteiger partial charge in [-0.15, -0.1) is 0 Å². The van der Waals surface area contributed by atoms with Crippen molar-refractivity contribution in [2.24, 2.45) is 0 Å². The number of hydrogen-bond donors (Lipinski definition) is 2. The van der Waals surface area contributed by atoms with E-state index >= 15 is 0 Å². The molecule has 0 fully saturated rings. The average Bonchev–Trinajstić information content (AvgIpc) is 2.87. The van der Waals surface area contributed by atoms with Crippen LogP contribution in [0.2, 0.25) is 0 Å². The van der Waals surface area contributed by atoms with Crippen LogP contribution in [0.3, 0.4) is 0 Å². The maximum absolute atomic E-state index is 10.9. The molecule has 0 unspecified atom stereocenters. The minimum atomic E-state index is -0.928. The third-order valence-corrected chi connectivity index (χ3v) is 3.08. The lowest BCUT2D eigenvalue weighted by molar-refractivity contribution is 0.0697. The molecule has 5 nitrogen and oxygen atoms in total. The Labute approximate surface area is 119 Å². The monoisotopic (exact) mass is 323 g/mol. The lowest BCUT2D eigenvalue weighted by Gasteiger charge is -2.08. The summed E-state index contributed by atoms with van der Waals surface area (Å²) in [6, 6.07) is 5.08. The summed E-state index contributed by atoms with van der Waals surface area (Å²) >= 11 is 3.31. The summed E-state index contributed by atoms with van der Waals surface area (Å²) in [5, 5.41) is 12.2. The number of carbonyl (C=O) groups is 1. The van der Waals surface area contributed by atoms with E-state index in [1.165, 1.54) is 0 Å². The molecular formula is C13H14BrN3O2. The Morgan fingerprint density at radius 3 is 2.95 bits per heavy atom. The lowest BCUT2D eigenvalue weighted by atomic mass is 10.2. The van der Waals surface area contributed by atoms with Gasteiger partial charge in [0.2, 0.25) is 0 Å². The van der Waals surface area contributed by atoms with E-state index in [1.54, 1.807) is 24.7 Å². The van der Waals surface area contributed by atoms with Crippen LogP contribution in [-0.4, -0.2) is 27.2 Å². The predicted molar refractivity (Wildman–Crippen MR) is 76.4 cm³/mol. The van der Waals surface area contributed by atoms with Gasteiger partial charge in [0.05, 0.1) is 11.9 Å². The molecule has 0 radical (unpaired) electrons. The van der Waals surface area contributed by atoms with Gasteiger partial charge in [-0.05, 0) is 24.6 Å². The van der Waals surface area contributed by atoms with Gasteiger partial charge in [0.15, 0.2) is 0 Å². The van der Waals surface area contributed by atoms with Crippen molar-refractivity contribution < 1.29 is 9.90 Å². The quantitative estimate of drug-likeness (QED) is 0.802. The SMILES string of the molecule is O=C(O)c1cc(Br)cc(NCCCn2ccnc2)c1. The van der Waals surface area contributed by atoms with Crippen LogP contribution in [0.1, 0.15) is 16.8 Å². The predicted octanol–water partition coefficient (Wildman–Crippen LogP) is 2.85. The van der Waals surface area contributed by atoms with Crippen LogP contribution in [0.25, 0.3) is 0 Å². The van der Waals surface area contributed by atoms with Crippen molar-refractivity contribution in [3.05, 3.63) is 47.0 Å². The fourth-order valence-electron chi connectivity index (χ4n) is 1.73. The molecular weight excluding hydrogens is 310 g/mol. The number of aryl methyl sites for hydroxylation is 1. The molecule has 0 spiro atoms. The molecule has 2 aromatic rings. The van der Waals surface area contributed by atoms with Crippen molar-refractivity contribution in [1.82, 2.24) is 9.55 Å². The number of rotatable bonds is 6. The van der Waals surface area contributed by atoms with Crippen molar-refractivity contribution in [2.45, 2.75) is 13.0 Å². The highest BCUT2D eigenvalue weighted by atomic mass is 79.9. The zero-order valence-corrected chi connectivity index (χ0v) is 11.8. The van der Waals surface area contributed by atoms with Gasteiger partial charge in [0.1, 0.15) is 0 Å². The number of nitrogens with one attached hydrogen (secondary N) is 1. The first kappa shape index (κ1) is 13.6. The smallest absolute Gasteiger partial charge is 0.335 e. The average molecular weight is 324 g/mol. The van der Waals surface area contributed by atoms with Crippen molar-refractivity contribution in [2.75, 3.05) is 11.9 Å². The van der Waals surface area contributed by atoms with Gasteiger partial charge in [-0.2, -0.15) is 0 Å². The van der Waals surface area contributed by atoms with E-state index in [9.17, 15) is 4.79 Å². The zero-order chi connectivity index (χ0) is 13.7. The second-order valence-electron chi connectivity index (χ2n) is 4.11. The molecule has 2 rings (SSSR count). The summed E-state index contributed by atoms with van der Waals surface area (Å²) in [5.41, 5.74) is 1.07. The Balaban J connectivity index is 1.87. The van der Waals surface area contributed by atoms with E-state index < -0.39 is 5.97 Å². The summed E-state index contributed by atoms with van der Waals surface area (Å²) in [4.78, 5) is 14.9. The lowest BCUT2D eigenvalue weighted by Crippen LogP contribution is -2.06. The van der Waals surface area contributed by atoms with Gasteiger partial charge >= 0.3 is 5.97 Å². The van der Waals surface area contributed by atoms with Gasteiger partial charge in [-0.1, -0.05) is 15.9 Å². The van der Waals surface area contributed by atoms with Crippen LogP contribution in [0.15, 0.2) is 41.4 Å². The molecule has 1 aromatic carbocycles. The normalized spacial score (nSPS) is 10.4. The van der Waals surface area contributed by atoms with Gasteiger partial charge in [0.25, 0.3) is 0 Å². The van der Waals surface area contributed by atoms with Gasteiger partial charge in [-0.3, -0.25) is 0 Å². The summed E-state index contributed by atoms with van der Waals surface area (Å²) in [6.07, 6.45) is 6.38. The zero-order valence-electron chi connectivity index (χ0n) is 10.2. The molecule has 1 aromatic heterocycles. The Morgan fingerprint density at radius 1 is 1.42 bits per heavy atom. The van der Waals surface area contributed by atoms with Crippen LogP contribution >= 0.6 is 15.9 Å². The molecule has 0 saturated carbocycles. The Morgan fingerprint density at radius 2 is 2.26 bits per heavy atom. The van der Waals surface area contributed by atoms with E-state index in [2.05, 4.69) is 26.2 Å². The number of imidazole rings is 1. The largest absolute Gasteiger partial charge is 0.478 e. The van der Waals surface area contributed by atoms with Crippen LogP contribution < -0.4 is 5.32 Å². The van der Waals surface area contributed by atoms with E-state index in [4.69, 9.17) is 5.11 Å². The third-order valence-electron chi connectivity index (χ3n) is 2.63. The highest BCUT2D eigenvalue weighted by Crippen LogP contribution is 2.19. The summed E-state index contributed by atoms with van der Waals surface area (Å²) < 4.78 is 2.76. The standard InChI is InChI=1S/C13H14BrN3O2/c14-11-6-10(13(18)19)7-12(8-11)16-2-1-4-17-5-3-15-9-17/h3,5-9,16H,1-2,4H2,(H,18,19). The maximum atomic E-state index is 10.9. The second kappa shape index (κ2) is 6.38. The number of aromatic nitrogens is 2. The van der Waals surface area contributed by atoms with Crippen LogP contribution in [0.4, 0.5) is 5.69 Å². The highest BCUT2D eigenvalue weighted by Gasteiger charge is 2.05. The number of hydrogen-bond acceptors (Lipinski definition) is 3. The first-order valence-electron chi connectivity index (χ1n) is 5.88. The van der Waals surface area contributed by atoms with Gasteiger partial charge in [-0.25, -0.2) is 9.78 Å². The molecule has 6 heteroatoms. The first-order chi connectivity index (χ1) is 9.15. The van der Waals surface area contributed by atoms with Crippen LogP contribution in [-0.2, 0) is 6.54 Å². The summed E-state index contributed by atoms with van der Waals surface area (Å²) in [5.74, 6) is -0.928. The minimum Gasteiger partial charge on any atom is -0.478 e. The number of carboxylic acid groups (broad SMARTS) is 1.